The van der Waals surface area contributed by atoms with Crippen LogP contribution in [0.5, 0.6) is 5.75 Å². The van der Waals surface area contributed by atoms with Crippen LogP contribution in [0.25, 0.3) is 0 Å². The van der Waals surface area contributed by atoms with E-state index >= 15 is 0 Å². The van der Waals surface area contributed by atoms with Gasteiger partial charge in [0.25, 0.3) is 0 Å². The molecule has 27 heavy (non-hydrogen) atoms. The van der Waals surface area contributed by atoms with E-state index in [1.54, 1.807) is 0 Å². The van der Waals surface area contributed by atoms with Gasteiger partial charge in [0.1, 0.15) is 11.8 Å². The summed E-state index contributed by atoms with van der Waals surface area (Å²) in [6.07, 6.45) is 0.299. The van der Waals surface area contributed by atoms with Crippen LogP contribution >= 0.6 is 24.0 Å². The number of carbonyl (C=O) groups is 1. The lowest BCUT2D eigenvalue weighted by atomic mass is 10.0. The number of carboxylic acid groups (broad SMARTS) is 1. The van der Waals surface area contributed by atoms with E-state index < -0.39 is 6.09 Å². The Morgan fingerprint density at radius 3 is 2.78 bits per heavy atom. The van der Waals surface area contributed by atoms with Crippen LogP contribution < -0.4 is 15.2 Å². The second-order valence-electron chi connectivity index (χ2n) is 6.40. The summed E-state index contributed by atoms with van der Waals surface area (Å²) < 4.78 is 5.85. The Balaban J connectivity index is 0.00000261. The van der Waals surface area contributed by atoms with Gasteiger partial charge in [0.15, 0.2) is 0 Å². The average Bonchev–Trinajstić information content (AvgIpc) is 2.62. The van der Waals surface area contributed by atoms with Crippen molar-refractivity contribution in [3.05, 3.63) is 64.7 Å². The van der Waals surface area contributed by atoms with E-state index in [9.17, 15) is 9.90 Å². The van der Waals surface area contributed by atoms with E-state index in [1.807, 2.05) is 48.5 Å². The number of carbonyl (C=O) groups excluding carboxylic acids is 1. The summed E-state index contributed by atoms with van der Waals surface area (Å²) in [5.74, 6) is 0.785. The van der Waals surface area contributed by atoms with Crippen LogP contribution in [-0.2, 0) is 12.8 Å². The third kappa shape index (κ3) is 6.31. The topological polar surface area (TPSA) is 64.6 Å². The number of hydrogen-bond donors (Lipinski definition) is 1. The van der Waals surface area contributed by atoms with Crippen LogP contribution in [0.4, 0.5) is 4.79 Å². The summed E-state index contributed by atoms with van der Waals surface area (Å²) >= 11 is 5.99. The Labute approximate surface area is 170 Å². The molecule has 3 rings (SSSR count). The zero-order chi connectivity index (χ0) is 18.4. The smallest absolute Gasteiger partial charge is 0.137 e. The normalized spacial score (nSPS) is 16.5. The molecule has 1 fully saturated rings. The van der Waals surface area contributed by atoms with Gasteiger partial charge in [-0.3, -0.25) is 0 Å². The number of amides is 1. The molecule has 1 unspecified atom stereocenters. The molecule has 2 aromatic carbocycles. The van der Waals surface area contributed by atoms with Crippen molar-refractivity contribution in [2.75, 3.05) is 26.2 Å². The van der Waals surface area contributed by atoms with Crippen LogP contribution in [-0.4, -0.2) is 43.3 Å². The first-order valence-corrected chi connectivity index (χ1v) is 9.14. The van der Waals surface area contributed by atoms with Crippen molar-refractivity contribution in [1.29, 1.82) is 0 Å². The lowest BCUT2D eigenvalue weighted by Crippen LogP contribution is -2.57. The second kappa shape index (κ2) is 10.4. The number of rotatable bonds is 6. The molecular weight excluding hydrogens is 387 g/mol. The number of ether oxygens (including phenoxy) is 1. The number of benzene rings is 2. The predicted octanol–water partition coefficient (Wildman–Crippen LogP) is 2.54. The average molecular weight is 410 g/mol. The van der Waals surface area contributed by atoms with Crippen molar-refractivity contribution < 1.29 is 14.6 Å². The number of hydrogen-bond acceptors (Lipinski definition) is 4. The molecule has 0 aliphatic carbocycles. The van der Waals surface area contributed by atoms with Crippen molar-refractivity contribution in [2.24, 2.45) is 0 Å². The van der Waals surface area contributed by atoms with Gasteiger partial charge in [-0.15, -0.1) is 12.4 Å². The third-order valence-electron chi connectivity index (χ3n) is 4.50. The molecule has 5 nitrogen and oxygen atoms in total. The fourth-order valence-electron chi connectivity index (χ4n) is 3.20. The molecule has 7 heteroatoms. The Hall–Kier alpha value is -1.95. The SMILES string of the molecule is Cl.O=C([O-])N1CCNCC1Cc1cccc(OCCc2cccc(Cl)c2)c1. The molecule has 1 heterocycles. The van der Waals surface area contributed by atoms with E-state index in [4.69, 9.17) is 16.3 Å². The molecule has 2 aromatic rings. The Morgan fingerprint density at radius 1 is 1.22 bits per heavy atom. The van der Waals surface area contributed by atoms with Crippen molar-refractivity contribution >= 4 is 30.1 Å². The Bertz CT molecular complexity index is 758. The summed E-state index contributed by atoms with van der Waals surface area (Å²) in [7, 11) is 0. The van der Waals surface area contributed by atoms with Crippen LogP contribution in [0, 0.1) is 0 Å². The number of halogens is 2. The molecule has 1 amide bonds. The van der Waals surface area contributed by atoms with Crippen molar-refractivity contribution in [1.82, 2.24) is 10.2 Å². The summed E-state index contributed by atoms with van der Waals surface area (Å²) in [6.45, 7) is 2.31. The molecule has 0 spiro atoms. The maximum Gasteiger partial charge on any atom is 0.137 e. The van der Waals surface area contributed by atoms with Crippen LogP contribution in [0.2, 0.25) is 5.02 Å². The standard InChI is InChI=1S/C20H23ClN2O3.ClH/c21-17-5-1-3-15(11-17)7-10-26-19-6-2-4-16(13-19)12-18-14-22-8-9-23(18)20(24)25;/h1-6,11,13,18,22H,7-10,12,14H2,(H,24,25);1H/p-1. The van der Waals surface area contributed by atoms with E-state index in [0.29, 0.717) is 32.7 Å². The Kier molecular flexibility index (Phi) is 8.23. The monoisotopic (exact) mass is 409 g/mol. The summed E-state index contributed by atoms with van der Waals surface area (Å²) in [5.41, 5.74) is 2.18. The Morgan fingerprint density at radius 2 is 2.00 bits per heavy atom. The minimum Gasteiger partial charge on any atom is -0.530 e. The minimum absolute atomic E-state index is 0. The summed E-state index contributed by atoms with van der Waals surface area (Å²) in [5, 5.41) is 15.2. The van der Waals surface area contributed by atoms with Gasteiger partial charge < -0.3 is 24.9 Å². The maximum atomic E-state index is 11.3. The molecule has 0 saturated carbocycles. The van der Waals surface area contributed by atoms with Crippen molar-refractivity contribution in [3.63, 3.8) is 0 Å². The van der Waals surface area contributed by atoms with Gasteiger partial charge in [-0.25, -0.2) is 0 Å². The molecule has 0 bridgehead atoms. The highest BCUT2D eigenvalue weighted by atomic mass is 35.5. The molecule has 1 N–H and O–H groups in total. The molecular formula is C20H23Cl2N2O3-. The lowest BCUT2D eigenvalue weighted by molar-refractivity contribution is -0.268. The van der Waals surface area contributed by atoms with E-state index in [0.717, 1.165) is 28.3 Å². The first-order valence-electron chi connectivity index (χ1n) is 8.76. The highest BCUT2D eigenvalue weighted by Crippen LogP contribution is 2.18. The molecule has 1 atom stereocenters. The molecule has 0 aromatic heterocycles. The van der Waals surface area contributed by atoms with E-state index in [2.05, 4.69) is 5.32 Å². The predicted molar refractivity (Wildman–Crippen MR) is 107 cm³/mol. The first-order chi connectivity index (χ1) is 12.6. The summed E-state index contributed by atoms with van der Waals surface area (Å²) in [6, 6.07) is 15.4. The van der Waals surface area contributed by atoms with Crippen molar-refractivity contribution in [2.45, 2.75) is 18.9 Å². The fraction of sp³-hybridized carbons (Fsp3) is 0.350. The van der Waals surface area contributed by atoms with Crippen molar-refractivity contribution in [3.8, 4) is 5.75 Å². The molecule has 0 radical (unpaired) electrons. The van der Waals surface area contributed by atoms with Gasteiger partial charge in [0, 0.05) is 37.1 Å². The van der Waals surface area contributed by atoms with Crippen LogP contribution in [0.15, 0.2) is 48.5 Å². The quantitative estimate of drug-likeness (QED) is 0.795. The first kappa shape index (κ1) is 21.4. The number of piperazine rings is 1. The van der Waals surface area contributed by atoms with Crippen LogP contribution in [0.3, 0.4) is 0 Å². The molecule has 1 saturated heterocycles. The van der Waals surface area contributed by atoms with Gasteiger partial charge >= 0.3 is 0 Å². The highest BCUT2D eigenvalue weighted by molar-refractivity contribution is 6.30. The molecule has 1 aliphatic heterocycles. The lowest BCUT2D eigenvalue weighted by Gasteiger charge is -2.38. The zero-order valence-corrected chi connectivity index (χ0v) is 16.5. The fourth-order valence-corrected chi connectivity index (χ4v) is 3.41. The van der Waals surface area contributed by atoms with Gasteiger partial charge in [0.2, 0.25) is 0 Å². The minimum atomic E-state index is -1.11. The van der Waals surface area contributed by atoms with Gasteiger partial charge in [-0.1, -0.05) is 35.9 Å². The van der Waals surface area contributed by atoms with E-state index in [-0.39, 0.29) is 18.4 Å². The van der Waals surface area contributed by atoms with Gasteiger partial charge in [0.05, 0.1) is 6.61 Å². The summed E-state index contributed by atoms with van der Waals surface area (Å²) in [4.78, 5) is 12.7. The van der Waals surface area contributed by atoms with E-state index in [1.165, 1.54) is 4.90 Å². The number of nitrogens with one attached hydrogen (secondary N) is 1. The maximum absolute atomic E-state index is 11.3. The number of nitrogens with zero attached hydrogens (tertiary/aromatic N) is 1. The largest absolute Gasteiger partial charge is 0.530 e. The van der Waals surface area contributed by atoms with Gasteiger partial charge in [-0.05, 0) is 41.8 Å². The highest BCUT2D eigenvalue weighted by Gasteiger charge is 2.22. The van der Waals surface area contributed by atoms with Crippen LogP contribution in [0.1, 0.15) is 11.1 Å². The third-order valence-corrected chi connectivity index (χ3v) is 4.74. The molecule has 146 valence electrons. The zero-order valence-electron chi connectivity index (χ0n) is 14.9. The second-order valence-corrected chi connectivity index (χ2v) is 6.83. The van der Waals surface area contributed by atoms with Gasteiger partial charge in [-0.2, -0.15) is 0 Å². The molecule has 1 aliphatic rings.